The van der Waals surface area contributed by atoms with Crippen LogP contribution in [0.2, 0.25) is 0 Å². The highest BCUT2D eigenvalue weighted by atomic mass is 16.5. The summed E-state index contributed by atoms with van der Waals surface area (Å²) >= 11 is 0. The van der Waals surface area contributed by atoms with Crippen molar-refractivity contribution in [1.82, 2.24) is 5.32 Å². The van der Waals surface area contributed by atoms with Gasteiger partial charge in [0.1, 0.15) is 0 Å². The molecule has 6 nitrogen and oxygen atoms in total. The maximum atomic E-state index is 12.5. The fraction of sp³-hybridized carbons (Fsp3) is 0.881. The standard InChI is InChI=1S/C84H159NO5/c1-3-5-7-9-11-13-15-17-18-19-20-40-43-46-49-53-56-60-64-68-72-76-82(87)81(80-86)85-83(88)77-73-69-65-61-57-54-50-47-44-41-38-36-34-32-30-28-26-24-22-21-23-25-27-29-31-33-35-37-39-42-45-48-51-55-59-63-67-71-75-79-90-84(89)78-74-70-66-62-58-52-16-14-12-10-8-6-4-2/h14,16,21-22,25,27,72,76,81-82,86-87H,3-13,15,17-20,23-24,26,28-71,73-75,77-80H2,1-2H3,(H,85,88)/b16-14-,22-21-,27-25-,76-72+. The summed E-state index contributed by atoms with van der Waals surface area (Å²) in [4.78, 5) is 24.6. The third kappa shape index (κ3) is 74.9. The summed E-state index contributed by atoms with van der Waals surface area (Å²) in [7, 11) is 0. The molecule has 0 aromatic carbocycles. The molecule has 0 fully saturated rings. The van der Waals surface area contributed by atoms with Gasteiger partial charge in [0.05, 0.1) is 25.4 Å². The molecule has 0 rings (SSSR count). The van der Waals surface area contributed by atoms with Gasteiger partial charge in [0, 0.05) is 12.8 Å². The van der Waals surface area contributed by atoms with Crippen molar-refractivity contribution < 1.29 is 24.5 Å². The van der Waals surface area contributed by atoms with E-state index in [-0.39, 0.29) is 18.5 Å². The lowest BCUT2D eigenvalue weighted by Gasteiger charge is -2.20. The van der Waals surface area contributed by atoms with Gasteiger partial charge in [-0.1, -0.05) is 396 Å². The van der Waals surface area contributed by atoms with Crippen LogP contribution in [0.1, 0.15) is 450 Å². The zero-order chi connectivity index (χ0) is 64.9. The number of carbonyl (C=O) groups excluding carboxylic acids is 2. The average Bonchev–Trinajstić information content (AvgIpc) is 3.70. The first-order valence-corrected chi connectivity index (χ1v) is 40.9. The van der Waals surface area contributed by atoms with Crippen LogP contribution in [0.5, 0.6) is 0 Å². The summed E-state index contributed by atoms with van der Waals surface area (Å²) in [6.07, 6.45) is 105. The summed E-state index contributed by atoms with van der Waals surface area (Å²) in [5.74, 6) is -0.0493. The average molecular weight is 1260 g/mol. The van der Waals surface area contributed by atoms with Crippen LogP contribution in [0.15, 0.2) is 48.6 Å². The molecule has 0 aromatic heterocycles. The summed E-state index contributed by atoms with van der Waals surface area (Å²) in [5, 5.41) is 23.3. The largest absolute Gasteiger partial charge is 0.466 e. The second kappa shape index (κ2) is 79.3. The topological polar surface area (TPSA) is 95.9 Å². The second-order valence-electron chi connectivity index (χ2n) is 28.1. The maximum absolute atomic E-state index is 12.5. The van der Waals surface area contributed by atoms with Crippen LogP contribution in [0.25, 0.3) is 0 Å². The van der Waals surface area contributed by atoms with E-state index in [0.717, 1.165) is 51.4 Å². The van der Waals surface area contributed by atoms with E-state index in [1.807, 2.05) is 6.08 Å². The van der Waals surface area contributed by atoms with Crippen LogP contribution < -0.4 is 5.32 Å². The van der Waals surface area contributed by atoms with E-state index in [2.05, 4.69) is 55.6 Å². The molecule has 0 saturated heterocycles. The van der Waals surface area contributed by atoms with Gasteiger partial charge in [-0.05, 0) is 89.9 Å². The van der Waals surface area contributed by atoms with E-state index in [1.54, 1.807) is 6.08 Å². The predicted octanol–water partition coefficient (Wildman–Crippen LogP) is 27.2. The molecule has 0 aliphatic heterocycles. The number of unbranched alkanes of at least 4 members (excludes halogenated alkanes) is 60. The van der Waals surface area contributed by atoms with Crippen LogP contribution in [0.4, 0.5) is 0 Å². The molecule has 0 aliphatic rings. The zero-order valence-electron chi connectivity index (χ0n) is 60.9. The highest BCUT2D eigenvalue weighted by molar-refractivity contribution is 5.76. The Morgan fingerprint density at radius 3 is 0.867 bits per heavy atom. The van der Waals surface area contributed by atoms with Crippen molar-refractivity contribution >= 4 is 11.9 Å². The number of aliphatic hydroxyl groups is 2. The molecule has 3 N–H and O–H groups in total. The third-order valence-corrected chi connectivity index (χ3v) is 19.1. The highest BCUT2D eigenvalue weighted by Crippen LogP contribution is 2.20. The second-order valence-corrected chi connectivity index (χ2v) is 28.1. The molecular formula is C84H159NO5. The molecule has 0 radical (unpaired) electrons. The summed E-state index contributed by atoms with van der Waals surface area (Å²) in [5.41, 5.74) is 0. The SMILES string of the molecule is CCCCCC/C=C\CCCCCCCC(=O)OCCCCCCCCCCCCCCCCC/C=C\C/C=C\CCCCCCCCCCCCCCCCCCCC(=O)NC(CO)C(O)/C=C/CCCCCCCCCCCCCCCCCCCCC. The van der Waals surface area contributed by atoms with E-state index in [0.29, 0.717) is 19.4 Å². The van der Waals surface area contributed by atoms with Crippen molar-refractivity contribution in [2.75, 3.05) is 13.2 Å². The van der Waals surface area contributed by atoms with Crippen molar-refractivity contribution in [2.24, 2.45) is 0 Å². The summed E-state index contributed by atoms with van der Waals surface area (Å²) in [6.45, 7) is 4.93. The van der Waals surface area contributed by atoms with Crippen molar-refractivity contribution in [2.45, 2.75) is 463 Å². The van der Waals surface area contributed by atoms with Crippen LogP contribution in [0, 0.1) is 0 Å². The highest BCUT2D eigenvalue weighted by Gasteiger charge is 2.18. The molecule has 530 valence electrons. The Labute approximate surface area is 563 Å². The maximum Gasteiger partial charge on any atom is 0.305 e. The van der Waals surface area contributed by atoms with E-state index < -0.39 is 12.1 Å². The number of amides is 1. The lowest BCUT2D eigenvalue weighted by molar-refractivity contribution is -0.143. The first kappa shape index (κ1) is 87.8. The predicted molar refractivity (Wildman–Crippen MR) is 398 cm³/mol. The fourth-order valence-corrected chi connectivity index (χ4v) is 12.8. The quantitative estimate of drug-likeness (QED) is 0.0320. The molecule has 6 heteroatoms. The number of esters is 1. The zero-order valence-corrected chi connectivity index (χ0v) is 60.9. The Kier molecular flexibility index (Phi) is 77.3. The Hall–Kier alpha value is -2.18. The van der Waals surface area contributed by atoms with Crippen LogP contribution >= 0.6 is 0 Å². The molecule has 90 heavy (non-hydrogen) atoms. The fourth-order valence-electron chi connectivity index (χ4n) is 12.8. The number of hydrogen-bond donors (Lipinski definition) is 3. The number of rotatable bonds is 77. The lowest BCUT2D eigenvalue weighted by Crippen LogP contribution is -2.45. The smallest absolute Gasteiger partial charge is 0.305 e. The molecular weight excluding hydrogens is 1100 g/mol. The van der Waals surface area contributed by atoms with Crippen LogP contribution in [-0.4, -0.2) is 47.4 Å². The van der Waals surface area contributed by atoms with Gasteiger partial charge in [-0.2, -0.15) is 0 Å². The number of carbonyl (C=O) groups is 2. The molecule has 1 amide bonds. The van der Waals surface area contributed by atoms with Crippen molar-refractivity contribution in [3.63, 3.8) is 0 Å². The lowest BCUT2D eigenvalue weighted by atomic mass is 10.0. The van der Waals surface area contributed by atoms with Gasteiger partial charge in [-0.15, -0.1) is 0 Å². The Bertz CT molecular complexity index is 1500. The number of ether oxygens (including phenoxy) is 1. The van der Waals surface area contributed by atoms with Gasteiger partial charge in [-0.25, -0.2) is 0 Å². The van der Waals surface area contributed by atoms with Crippen molar-refractivity contribution in [1.29, 1.82) is 0 Å². The minimum absolute atomic E-state index is 0.0113. The van der Waals surface area contributed by atoms with Gasteiger partial charge in [0.2, 0.25) is 5.91 Å². The van der Waals surface area contributed by atoms with Gasteiger partial charge in [-0.3, -0.25) is 9.59 Å². The Morgan fingerprint density at radius 2 is 0.556 bits per heavy atom. The molecule has 0 bridgehead atoms. The number of hydrogen-bond acceptors (Lipinski definition) is 5. The molecule has 0 spiro atoms. The van der Waals surface area contributed by atoms with E-state index >= 15 is 0 Å². The van der Waals surface area contributed by atoms with Gasteiger partial charge in [0.15, 0.2) is 0 Å². The summed E-state index contributed by atoms with van der Waals surface area (Å²) in [6, 6.07) is -0.627. The van der Waals surface area contributed by atoms with Gasteiger partial charge >= 0.3 is 5.97 Å². The van der Waals surface area contributed by atoms with E-state index in [9.17, 15) is 19.8 Å². The molecule has 0 aliphatic carbocycles. The first-order valence-electron chi connectivity index (χ1n) is 40.9. The molecule has 2 unspecified atom stereocenters. The molecule has 0 aromatic rings. The van der Waals surface area contributed by atoms with E-state index in [1.165, 1.54) is 372 Å². The van der Waals surface area contributed by atoms with Gasteiger partial charge < -0.3 is 20.3 Å². The monoisotopic (exact) mass is 1260 g/mol. The number of allylic oxidation sites excluding steroid dienone is 7. The number of nitrogens with one attached hydrogen (secondary N) is 1. The molecule has 0 saturated carbocycles. The van der Waals surface area contributed by atoms with Crippen molar-refractivity contribution in [3.05, 3.63) is 48.6 Å². The minimum Gasteiger partial charge on any atom is -0.466 e. The molecule has 2 atom stereocenters. The van der Waals surface area contributed by atoms with Crippen LogP contribution in [-0.2, 0) is 14.3 Å². The van der Waals surface area contributed by atoms with Crippen molar-refractivity contribution in [3.8, 4) is 0 Å². The first-order chi connectivity index (χ1) is 44.5. The third-order valence-electron chi connectivity index (χ3n) is 19.1. The van der Waals surface area contributed by atoms with Gasteiger partial charge in [0.25, 0.3) is 0 Å². The molecule has 0 heterocycles. The van der Waals surface area contributed by atoms with E-state index in [4.69, 9.17) is 4.74 Å². The van der Waals surface area contributed by atoms with Crippen LogP contribution in [0.3, 0.4) is 0 Å². The Morgan fingerprint density at radius 1 is 0.311 bits per heavy atom. The Balaban J connectivity index is 3.38. The minimum atomic E-state index is -0.844. The number of aliphatic hydroxyl groups excluding tert-OH is 2. The normalized spacial score (nSPS) is 12.7. The summed E-state index contributed by atoms with van der Waals surface area (Å²) < 4.78 is 5.49.